The first-order valence-corrected chi connectivity index (χ1v) is 8.20. The molecule has 0 radical (unpaired) electrons. The van der Waals surface area contributed by atoms with Gasteiger partial charge in [-0.15, -0.1) is 0 Å². The van der Waals surface area contributed by atoms with Crippen LogP contribution in [0.2, 0.25) is 0 Å². The molecular formula is C15H23NO3S. The van der Waals surface area contributed by atoms with Gasteiger partial charge in [0.1, 0.15) is 0 Å². The molecule has 0 bridgehead atoms. The van der Waals surface area contributed by atoms with Crippen LogP contribution in [0.15, 0.2) is 42.3 Å². The predicted molar refractivity (Wildman–Crippen MR) is 81.4 cm³/mol. The Morgan fingerprint density at radius 1 is 1.30 bits per heavy atom. The molecule has 0 fully saturated rings. The molecule has 1 unspecified atom stereocenters. The van der Waals surface area contributed by atoms with Crippen LogP contribution < -0.4 is 0 Å². The van der Waals surface area contributed by atoms with E-state index in [4.69, 9.17) is 0 Å². The zero-order valence-electron chi connectivity index (χ0n) is 12.1. The summed E-state index contributed by atoms with van der Waals surface area (Å²) in [4.78, 5) is 0. The number of hydrogen-bond donors (Lipinski definition) is 1. The predicted octanol–water partition coefficient (Wildman–Crippen LogP) is 2.37. The molecule has 112 valence electrons. The summed E-state index contributed by atoms with van der Waals surface area (Å²) in [5, 5.41) is 10.5. The molecule has 20 heavy (non-hydrogen) atoms. The molecule has 0 amide bonds. The van der Waals surface area contributed by atoms with Crippen molar-refractivity contribution in [2.75, 3.05) is 6.61 Å². The molecule has 4 nitrogen and oxygen atoms in total. The number of hydrogen-bond acceptors (Lipinski definition) is 3. The average Bonchev–Trinajstić information content (AvgIpc) is 2.43. The van der Waals surface area contributed by atoms with Gasteiger partial charge in [0.15, 0.2) is 0 Å². The largest absolute Gasteiger partial charge is 0.395 e. The first-order valence-electron chi connectivity index (χ1n) is 6.69. The molecular weight excluding hydrogens is 274 g/mol. The molecule has 0 heterocycles. The van der Waals surface area contributed by atoms with Crippen molar-refractivity contribution in [2.24, 2.45) is 5.92 Å². The maximum atomic E-state index is 12.2. The number of sulfonamides is 1. The smallest absolute Gasteiger partial charge is 0.236 e. The lowest BCUT2D eigenvalue weighted by atomic mass is 10.0. The van der Waals surface area contributed by atoms with E-state index in [-0.39, 0.29) is 13.2 Å². The van der Waals surface area contributed by atoms with Crippen LogP contribution >= 0.6 is 0 Å². The van der Waals surface area contributed by atoms with E-state index in [1.807, 2.05) is 44.2 Å². The number of rotatable bonds is 8. The minimum Gasteiger partial charge on any atom is -0.395 e. The Bertz CT molecular complexity index is 511. The summed E-state index contributed by atoms with van der Waals surface area (Å²) in [5.41, 5.74) is 0.889. The number of aliphatic hydroxyl groups is 1. The fourth-order valence-corrected chi connectivity index (χ4v) is 3.20. The molecule has 1 atom stereocenters. The van der Waals surface area contributed by atoms with E-state index < -0.39 is 16.1 Å². The van der Waals surface area contributed by atoms with E-state index >= 15 is 0 Å². The lowest BCUT2D eigenvalue weighted by Crippen LogP contribution is -2.41. The summed E-state index contributed by atoms with van der Waals surface area (Å²) in [6, 6.07) is 8.92. The van der Waals surface area contributed by atoms with Crippen molar-refractivity contribution in [3.05, 3.63) is 47.9 Å². The van der Waals surface area contributed by atoms with Crippen molar-refractivity contribution in [2.45, 2.75) is 32.9 Å². The maximum Gasteiger partial charge on any atom is 0.236 e. The quantitative estimate of drug-likeness (QED) is 0.801. The van der Waals surface area contributed by atoms with E-state index in [1.165, 1.54) is 4.31 Å². The Hall–Kier alpha value is -1.17. The molecule has 1 rings (SSSR count). The first kappa shape index (κ1) is 16.9. The second-order valence-electron chi connectivity index (χ2n) is 5.21. The van der Waals surface area contributed by atoms with Crippen molar-refractivity contribution in [1.82, 2.24) is 4.31 Å². The SMILES string of the molecule is C=CS(=O)(=O)N(Cc1ccccc1)C(CO)CC(C)C. The molecule has 0 saturated carbocycles. The van der Waals surface area contributed by atoms with Crippen LogP contribution in [0.4, 0.5) is 0 Å². The zero-order valence-corrected chi connectivity index (χ0v) is 12.9. The molecule has 5 heteroatoms. The summed E-state index contributed by atoms with van der Waals surface area (Å²) in [6.07, 6.45) is 0.608. The normalized spacial score (nSPS) is 13.7. The third-order valence-electron chi connectivity index (χ3n) is 3.08. The summed E-state index contributed by atoms with van der Waals surface area (Å²) in [7, 11) is -3.58. The highest BCUT2D eigenvalue weighted by atomic mass is 32.2. The average molecular weight is 297 g/mol. The van der Waals surface area contributed by atoms with E-state index in [9.17, 15) is 13.5 Å². The summed E-state index contributed by atoms with van der Waals surface area (Å²) < 4.78 is 25.7. The zero-order chi connectivity index (χ0) is 15.2. The minimum absolute atomic E-state index is 0.196. The number of benzene rings is 1. The van der Waals surface area contributed by atoms with Crippen molar-refractivity contribution in [3.63, 3.8) is 0 Å². The van der Waals surface area contributed by atoms with Crippen LogP contribution in [0.5, 0.6) is 0 Å². The fraction of sp³-hybridized carbons (Fsp3) is 0.467. The molecule has 0 aliphatic carbocycles. The van der Waals surface area contributed by atoms with Gasteiger partial charge in [-0.1, -0.05) is 50.8 Å². The van der Waals surface area contributed by atoms with Gasteiger partial charge in [-0.25, -0.2) is 8.42 Å². The first-order chi connectivity index (χ1) is 9.40. The van der Waals surface area contributed by atoms with Crippen molar-refractivity contribution in [1.29, 1.82) is 0 Å². The van der Waals surface area contributed by atoms with Crippen molar-refractivity contribution < 1.29 is 13.5 Å². The number of aliphatic hydroxyl groups excluding tert-OH is 1. The van der Waals surface area contributed by atoms with Gasteiger partial charge in [-0.2, -0.15) is 4.31 Å². The van der Waals surface area contributed by atoms with Gasteiger partial charge in [-0.05, 0) is 17.9 Å². The second kappa shape index (κ2) is 7.57. The molecule has 0 aliphatic rings. The van der Waals surface area contributed by atoms with E-state index in [2.05, 4.69) is 6.58 Å². The fourth-order valence-electron chi connectivity index (χ4n) is 2.11. The molecule has 1 N–H and O–H groups in total. The van der Waals surface area contributed by atoms with E-state index in [0.29, 0.717) is 12.3 Å². The van der Waals surface area contributed by atoms with E-state index in [1.54, 1.807) is 0 Å². The van der Waals surface area contributed by atoms with Crippen LogP contribution in [-0.2, 0) is 16.6 Å². The standard InChI is InChI=1S/C15H23NO3S/c1-4-20(18,19)16(15(12-17)10-13(2)3)11-14-8-6-5-7-9-14/h4-9,13,15,17H,1,10-12H2,2-3H3. The van der Waals surface area contributed by atoms with Gasteiger partial charge in [0.2, 0.25) is 10.0 Å². The lowest BCUT2D eigenvalue weighted by molar-refractivity contribution is 0.165. The molecule has 0 spiro atoms. The van der Waals surface area contributed by atoms with Gasteiger partial charge in [-0.3, -0.25) is 0 Å². The van der Waals surface area contributed by atoms with Crippen LogP contribution in [0.3, 0.4) is 0 Å². The summed E-state index contributed by atoms with van der Waals surface area (Å²) in [6.45, 7) is 7.43. The van der Waals surface area contributed by atoms with Crippen molar-refractivity contribution in [3.8, 4) is 0 Å². The van der Waals surface area contributed by atoms with Crippen LogP contribution in [0, 0.1) is 5.92 Å². The third-order valence-corrected chi connectivity index (χ3v) is 4.58. The van der Waals surface area contributed by atoms with Gasteiger partial charge >= 0.3 is 0 Å². The Balaban J connectivity index is 3.05. The third kappa shape index (κ3) is 4.74. The van der Waals surface area contributed by atoms with Gasteiger partial charge in [0.25, 0.3) is 0 Å². The highest BCUT2D eigenvalue weighted by Crippen LogP contribution is 2.19. The van der Waals surface area contributed by atoms with Crippen molar-refractivity contribution >= 4 is 10.0 Å². The molecule has 0 aliphatic heterocycles. The summed E-state index contributed by atoms with van der Waals surface area (Å²) in [5.74, 6) is 0.297. The lowest BCUT2D eigenvalue weighted by Gasteiger charge is -2.29. The van der Waals surface area contributed by atoms with Gasteiger partial charge in [0.05, 0.1) is 6.61 Å². The Labute approximate surface area is 121 Å². The number of nitrogens with zero attached hydrogens (tertiary/aromatic N) is 1. The molecule has 1 aromatic rings. The highest BCUT2D eigenvalue weighted by molar-refractivity contribution is 7.92. The molecule has 1 aromatic carbocycles. The highest BCUT2D eigenvalue weighted by Gasteiger charge is 2.28. The molecule has 0 saturated heterocycles. The maximum absolute atomic E-state index is 12.2. The van der Waals surface area contributed by atoms with Crippen LogP contribution in [-0.4, -0.2) is 30.5 Å². The minimum atomic E-state index is -3.58. The van der Waals surface area contributed by atoms with Gasteiger partial charge < -0.3 is 5.11 Å². The molecule has 0 aromatic heterocycles. The van der Waals surface area contributed by atoms with Gasteiger partial charge in [0, 0.05) is 18.0 Å². The van der Waals surface area contributed by atoms with Crippen LogP contribution in [0.25, 0.3) is 0 Å². The Kier molecular flexibility index (Phi) is 6.39. The van der Waals surface area contributed by atoms with E-state index in [0.717, 1.165) is 11.0 Å². The monoisotopic (exact) mass is 297 g/mol. The summed E-state index contributed by atoms with van der Waals surface area (Å²) >= 11 is 0. The Morgan fingerprint density at radius 3 is 2.35 bits per heavy atom. The topological polar surface area (TPSA) is 57.6 Å². The Morgan fingerprint density at radius 2 is 1.90 bits per heavy atom. The second-order valence-corrected chi connectivity index (χ2v) is 7.04. The van der Waals surface area contributed by atoms with Crippen LogP contribution in [0.1, 0.15) is 25.8 Å².